The van der Waals surface area contributed by atoms with Gasteiger partial charge in [0, 0.05) is 30.7 Å². The van der Waals surface area contributed by atoms with Crippen LogP contribution in [0, 0.1) is 18.6 Å². The van der Waals surface area contributed by atoms with Crippen LogP contribution in [0.25, 0.3) is 0 Å². The summed E-state index contributed by atoms with van der Waals surface area (Å²) in [6.07, 6.45) is -1.15. The van der Waals surface area contributed by atoms with Crippen LogP contribution in [0.1, 0.15) is 52.9 Å². The lowest BCUT2D eigenvalue weighted by molar-refractivity contribution is -0.200. The van der Waals surface area contributed by atoms with E-state index in [1.165, 1.54) is 17.8 Å². The third-order valence-electron chi connectivity index (χ3n) is 9.48. The average molecular weight is 657 g/mol. The highest BCUT2D eigenvalue weighted by Gasteiger charge is 2.44. The van der Waals surface area contributed by atoms with Gasteiger partial charge in [-0.15, -0.1) is 11.8 Å². The predicted octanol–water partition coefficient (Wildman–Crippen LogP) is 4.02. The summed E-state index contributed by atoms with van der Waals surface area (Å²) in [7, 11) is 0. The lowest BCUT2D eigenvalue weighted by Crippen LogP contribution is -2.52. The minimum Gasteiger partial charge on any atom is -0.489 e. The first-order chi connectivity index (χ1) is 22.1. The van der Waals surface area contributed by atoms with Gasteiger partial charge in [-0.3, -0.25) is 4.90 Å². The average Bonchev–Trinajstić information content (AvgIpc) is 3.52. The highest BCUT2D eigenvalue weighted by atomic mass is 32.2. The molecule has 3 saturated heterocycles. The highest BCUT2D eigenvalue weighted by Crippen LogP contribution is 2.37. The Bertz CT molecular complexity index is 1500. The Morgan fingerprint density at radius 2 is 1.76 bits per heavy atom. The van der Waals surface area contributed by atoms with Gasteiger partial charge < -0.3 is 35.3 Å². The number of aliphatic hydroxyl groups excluding tert-OH is 3. The molecular weight excluding hydrogens is 614 g/mol. The number of thioether (sulfide) groups is 1. The van der Waals surface area contributed by atoms with E-state index >= 15 is 0 Å². The van der Waals surface area contributed by atoms with Crippen molar-refractivity contribution < 1.29 is 38.3 Å². The zero-order valence-corrected chi connectivity index (χ0v) is 26.8. The fourth-order valence-electron chi connectivity index (χ4n) is 6.81. The minimum absolute atomic E-state index is 0.0142. The number of aryl methyl sites for hydroxylation is 1. The third-order valence-corrected chi connectivity index (χ3v) is 10.3. The molecule has 0 aliphatic carbocycles. The second-order valence-electron chi connectivity index (χ2n) is 12.6. The molecule has 248 valence electrons. The van der Waals surface area contributed by atoms with Crippen molar-refractivity contribution >= 4 is 11.8 Å². The number of hydrogen-bond acceptors (Lipinski definition) is 9. The molecule has 11 heteroatoms. The van der Waals surface area contributed by atoms with Crippen molar-refractivity contribution in [2.24, 2.45) is 5.73 Å². The number of ether oxygens (including phenoxy) is 3. The van der Waals surface area contributed by atoms with Crippen LogP contribution in [0.2, 0.25) is 0 Å². The standard InChI is InChI=1S/C35H42F2N2O6S/c1-19-3-6-21(33-31(41)30(40)32(42)35(45-33)46-2)14-22(19)13-20-4-8-25(9-5-20)44-26-11-12-39(17-26)24-16-29(38)34(43-18-24)27-15-23(36)7-10-28(27)37/h3-10,14-15,24,26,29-35,40-42H,11-13,16-18,38H2,1-2H3/t24-,26-,29+,30-,31-,32+,33+,34-,35-/m1/s1. The van der Waals surface area contributed by atoms with E-state index in [4.69, 9.17) is 19.9 Å². The van der Waals surface area contributed by atoms with Crippen molar-refractivity contribution in [2.75, 3.05) is 26.0 Å². The van der Waals surface area contributed by atoms with E-state index in [1.54, 1.807) is 6.26 Å². The van der Waals surface area contributed by atoms with Gasteiger partial charge in [-0.25, -0.2) is 8.78 Å². The predicted molar refractivity (Wildman–Crippen MR) is 172 cm³/mol. The van der Waals surface area contributed by atoms with E-state index < -0.39 is 53.6 Å². The van der Waals surface area contributed by atoms with Crippen molar-refractivity contribution in [2.45, 2.75) is 80.3 Å². The molecule has 8 nitrogen and oxygen atoms in total. The second kappa shape index (κ2) is 14.2. The number of hydrogen-bond donors (Lipinski definition) is 4. The highest BCUT2D eigenvalue weighted by molar-refractivity contribution is 7.99. The van der Waals surface area contributed by atoms with Crippen molar-refractivity contribution in [1.29, 1.82) is 0 Å². The molecule has 3 aliphatic rings. The molecule has 6 rings (SSSR count). The van der Waals surface area contributed by atoms with Gasteiger partial charge in [0.2, 0.25) is 0 Å². The minimum atomic E-state index is -1.29. The normalized spacial score (nSPS) is 32.0. The molecule has 3 fully saturated rings. The number of halogens is 2. The smallest absolute Gasteiger partial charge is 0.132 e. The van der Waals surface area contributed by atoms with Crippen molar-refractivity contribution in [3.05, 3.63) is 100 Å². The summed E-state index contributed by atoms with van der Waals surface area (Å²) in [6, 6.07) is 16.9. The maximum Gasteiger partial charge on any atom is 0.132 e. The molecular formula is C35H42F2N2O6S. The number of aliphatic hydroxyl groups is 3. The summed E-state index contributed by atoms with van der Waals surface area (Å²) < 4.78 is 46.3. The molecule has 0 aromatic heterocycles. The first-order valence-corrected chi connectivity index (χ1v) is 17.0. The fourth-order valence-corrected chi connectivity index (χ4v) is 7.48. The first-order valence-electron chi connectivity index (χ1n) is 15.7. The van der Waals surface area contributed by atoms with Crippen LogP contribution in [-0.4, -0.2) is 88.1 Å². The Balaban J connectivity index is 1.03. The largest absolute Gasteiger partial charge is 0.489 e. The van der Waals surface area contributed by atoms with Crippen LogP contribution in [0.5, 0.6) is 5.75 Å². The van der Waals surface area contributed by atoms with Crippen molar-refractivity contribution in [3.63, 3.8) is 0 Å². The summed E-state index contributed by atoms with van der Waals surface area (Å²) in [6.45, 7) is 3.99. The number of benzene rings is 3. The van der Waals surface area contributed by atoms with Crippen LogP contribution in [0.15, 0.2) is 60.7 Å². The monoisotopic (exact) mass is 656 g/mol. The van der Waals surface area contributed by atoms with E-state index in [0.717, 1.165) is 59.6 Å². The summed E-state index contributed by atoms with van der Waals surface area (Å²) in [4.78, 5) is 2.31. The van der Waals surface area contributed by atoms with Crippen LogP contribution in [-0.2, 0) is 15.9 Å². The van der Waals surface area contributed by atoms with E-state index in [0.29, 0.717) is 19.4 Å². The van der Waals surface area contributed by atoms with Crippen molar-refractivity contribution in [3.8, 4) is 5.75 Å². The molecule has 46 heavy (non-hydrogen) atoms. The van der Waals surface area contributed by atoms with Crippen molar-refractivity contribution in [1.82, 2.24) is 4.90 Å². The van der Waals surface area contributed by atoms with E-state index in [9.17, 15) is 24.1 Å². The Morgan fingerprint density at radius 3 is 2.50 bits per heavy atom. The number of nitrogens with zero attached hydrogens (tertiary/aromatic N) is 1. The van der Waals surface area contributed by atoms with Gasteiger partial charge in [0.05, 0.1) is 6.61 Å². The zero-order chi connectivity index (χ0) is 32.5. The number of nitrogens with two attached hydrogens (primary N) is 1. The molecule has 0 spiro atoms. The lowest BCUT2D eigenvalue weighted by Gasteiger charge is -2.40. The Hall–Kier alpha value is -2.61. The molecule has 0 saturated carbocycles. The molecule has 5 N–H and O–H groups in total. The molecule has 0 radical (unpaired) electrons. The van der Waals surface area contributed by atoms with Gasteiger partial charge >= 0.3 is 0 Å². The molecule has 0 unspecified atom stereocenters. The lowest BCUT2D eigenvalue weighted by atomic mass is 9.91. The fraction of sp³-hybridized carbons (Fsp3) is 0.486. The summed E-state index contributed by atoms with van der Waals surface area (Å²) in [5.41, 5.74) is 9.95. The second-order valence-corrected chi connectivity index (χ2v) is 13.6. The maximum atomic E-state index is 14.3. The van der Waals surface area contributed by atoms with Crippen LogP contribution >= 0.6 is 11.8 Å². The number of rotatable bonds is 8. The van der Waals surface area contributed by atoms with Gasteiger partial charge in [-0.05, 0) is 85.0 Å². The Labute approximate surface area is 272 Å². The van der Waals surface area contributed by atoms with Gasteiger partial charge in [-0.1, -0.05) is 30.3 Å². The molecule has 3 aromatic rings. The molecule has 3 heterocycles. The molecule has 0 bridgehead atoms. The quantitative estimate of drug-likeness (QED) is 0.285. The van der Waals surface area contributed by atoms with E-state index in [2.05, 4.69) is 4.90 Å². The van der Waals surface area contributed by atoms with Gasteiger partial charge in [-0.2, -0.15) is 0 Å². The van der Waals surface area contributed by atoms with Crippen LogP contribution in [0.3, 0.4) is 0 Å². The topological polar surface area (TPSA) is 118 Å². The maximum absolute atomic E-state index is 14.3. The van der Waals surface area contributed by atoms with E-state index in [-0.39, 0.29) is 17.7 Å². The first kappa shape index (κ1) is 33.3. The van der Waals surface area contributed by atoms with Crippen LogP contribution < -0.4 is 10.5 Å². The van der Waals surface area contributed by atoms with Gasteiger partial charge in [0.25, 0.3) is 0 Å². The molecule has 0 amide bonds. The van der Waals surface area contributed by atoms with Gasteiger partial charge in [0.1, 0.15) is 59.4 Å². The SMILES string of the molecule is CS[C@H]1O[C@@H](c2ccc(C)c(Cc3ccc(O[C@@H]4CCN([C@H]5CO[C@H](c6cc(F)ccc6F)[C@@H](N)C5)C4)cc3)c2)[C@H](O)[C@@H](O)[C@@H]1O. The molecule has 3 aromatic carbocycles. The Morgan fingerprint density at radius 1 is 0.978 bits per heavy atom. The summed E-state index contributed by atoms with van der Waals surface area (Å²) >= 11 is 1.30. The number of likely N-dealkylation sites (tertiary alicyclic amines) is 1. The Kier molecular flexibility index (Phi) is 10.3. The zero-order valence-electron chi connectivity index (χ0n) is 26.0. The van der Waals surface area contributed by atoms with Gasteiger partial charge in [0.15, 0.2) is 0 Å². The molecule has 3 aliphatic heterocycles. The summed E-state index contributed by atoms with van der Waals surface area (Å²) in [5, 5.41) is 31.3. The summed E-state index contributed by atoms with van der Waals surface area (Å²) in [5.74, 6) is -0.233. The van der Waals surface area contributed by atoms with E-state index in [1.807, 2.05) is 49.4 Å². The molecule has 9 atom stereocenters. The van der Waals surface area contributed by atoms with Crippen LogP contribution in [0.4, 0.5) is 8.78 Å². The third kappa shape index (κ3) is 7.12.